The van der Waals surface area contributed by atoms with E-state index >= 15 is 0 Å². The van der Waals surface area contributed by atoms with Crippen molar-refractivity contribution < 1.29 is 4.79 Å². The molecule has 170 valence electrons. The van der Waals surface area contributed by atoms with Gasteiger partial charge in [0.25, 0.3) is 0 Å². The number of hydrogen-bond acceptors (Lipinski definition) is 5. The van der Waals surface area contributed by atoms with Crippen molar-refractivity contribution >= 4 is 35.0 Å². The third-order valence-electron chi connectivity index (χ3n) is 5.27. The van der Waals surface area contributed by atoms with Crippen molar-refractivity contribution in [2.45, 2.75) is 38.9 Å². The Balaban J connectivity index is 1.56. The van der Waals surface area contributed by atoms with Crippen LogP contribution < -0.4 is 10.2 Å². The van der Waals surface area contributed by atoms with E-state index in [9.17, 15) is 4.79 Å². The molecule has 0 radical (unpaired) electrons. The Labute approximate surface area is 199 Å². The number of halogens is 1. The van der Waals surface area contributed by atoms with E-state index in [1.807, 2.05) is 24.3 Å². The summed E-state index contributed by atoms with van der Waals surface area (Å²) in [6.07, 6.45) is 0.770. The lowest BCUT2D eigenvalue weighted by atomic mass is 10.1. The number of benzene rings is 2. The monoisotopic (exact) mass is 471 g/mol. The van der Waals surface area contributed by atoms with E-state index in [0.29, 0.717) is 17.3 Å². The van der Waals surface area contributed by atoms with Gasteiger partial charge in [0.1, 0.15) is 0 Å². The Morgan fingerprint density at radius 3 is 2.34 bits per heavy atom. The van der Waals surface area contributed by atoms with Crippen LogP contribution in [-0.2, 0) is 17.8 Å². The number of anilines is 1. The van der Waals surface area contributed by atoms with E-state index in [1.165, 1.54) is 17.4 Å². The molecule has 0 aliphatic rings. The Kier molecular flexibility index (Phi) is 9.00. The Morgan fingerprint density at radius 2 is 1.72 bits per heavy atom. The molecule has 3 aromatic rings. The van der Waals surface area contributed by atoms with Crippen molar-refractivity contribution in [2.24, 2.45) is 0 Å². The number of nitrogens with zero attached hydrogens (tertiary/aromatic N) is 4. The van der Waals surface area contributed by atoms with Crippen LogP contribution in [0.2, 0.25) is 5.02 Å². The van der Waals surface area contributed by atoms with Crippen LogP contribution in [0.3, 0.4) is 0 Å². The molecule has 0 atom stereocenters. The first-order valence-corrected chi connectivity index (χ1v) is 12.3. The number of hydrogen-bond donors (Lipinski definition) is 1. The third-order valence-corrected chi connectivity index (χ3v) is 6.49. The lowest BCUT2D eigenvalue weighted by Crippen LogP contribution is -2.27. The number of nitrogens with one attached hydrogen (secondary N) is 1. The lowest BCUT2D eigenvalue weighted by molar-refractivity contribution is -0.118. The molecule has 1 heterocycles. The first kappa shape index (κ1) is 24.1. The zero-order valence-electron chi connectivity index (χ0n) is 18.8. The molecule has 32 heavy (non-hydrogen) atoms. The van der Waals surface area contributed by atoms with E-state index in [2.05, 4.69) is 70.0 Å². The normalized spacial score (nSPS) is 10.9. The van der Waals surface area contributed by atoms with Crippen molar-refractivity contribution in [3.05, 3.63) is 59.1 Å². The first-order valence-electron chi connectivity index (χ1n) is 11.0. The molecule has 1 N–H and O–H groups in total. The van der Waals surface area contributed by atoms with Crippen LogP contribution in [0.5, 0.6) is 0 Å². The van der Waals surface area contributed by atoms with Gasteiger partial charge >= 0.3 is 0 Å². The second-order valence-corrected chi connectivity index (χ2v) is 8.66. The number of aromatic nitrogens is 3. The molecule has 2 aromatic carbocycles. The summed E-state index contributed by atoms with van der Waals surface area (Å²) in [5.41, 5.74) is 3.37. The van der Waals surface area contributed by atoms with Crippen LogP contribution >= 0.6 is 23.4 Å². The van der Waals surface area contributed by atoms with E-state index in [0.717, 1.165) is 48.2 Å². The van der Waals surface area contributed by atoms with Gasteiger partial charge in [0.2, 0.25) is 5.91 Å². The molecular weight excluding hydrogens is 442 g/mol. The van der Waals surface area contributed by atoms with Gasteiger partial charge in [0.15, 0.2) is 11.0 Å². The summed E-state index contributed by atoms with van der Waals surface area (Å²) >= 11 is 7.32. The summed E-state index contributed by atoms with van der Waals surface area (Å²) in [6, 6.07) is 16.1. The minimum atomic E-state index is -0.0141. The van der Waals surface area contributed by atoms with Gasteiger partial charge in [-0.3, -0.25) is 4.79 Å². The number of carbonyl (C=O) groups is 1. The third kappa shape index (κ3) is 6.26. The highest BCUT2D eigenvalue weighted by molar-refractivity contribution is 7.99. The number of amides is 1. The van der Waals surface area contributed by atoms with Gasteiger partial charge in [-0.05, 0) is 69.2 Å². The van der Waals surface area contributed by atoms with E-state index in [1.54, 1.807) is 0 Å². The zero-order chi connectivity index (χ0) is 22.9. The molecule has 0 aliphatic heterocycles. The quantitative estimate of drug-likeness (QED) is 0.402. The van der Waals surface area contributed by atoms with Crippen molar-refractivity contribution in [1.82, 2.24) is 20.1 Å². The van der Waals surface area contributed by atoms with E-state index in [-0.39, 0.29) is 5.91 Å². The molecule has 0 saturated carbocycles. The molecule has 3 rings (SSSR count). The molecule has 0 spiro atoms. The molecule has 0 fully saturated rings. The van der Waals surface area contributed by atoms with Crippen LogP contribution in [0, 0.1) is 0 Å². The Bertz CT molecular complexity index is 1000. The summed E-state index contributed by atoms with van der Waals surface area (Å²) in [5, 5.41) is 13.2. The number of thioether (sulfide) groups is 1. The molecule has 8 heteroatoms. The smallest absolute Gasteiger partial charge is 0.230 e. The van der Waals surface area contributed by atoms with Crippen molar-refractivity contribution in [2.75, 3.05) is 30.3 Å². The van der Waals surface area contributed by atoms with Crippen LogP contribution in [-0.4, -0.2) is 46.1 Å². The van der Waals surface area contributed by atoms with E-state index in [4.69, 9.17) is 11.6 Å². The zero-order valence-corrected chi connectivity index (χ0v) is 20.4. The highest BCUT2D eigenvalue weighted by Crippen LogP contribution is 2.26. The SMILES string of the molecule is CCN(CC)c1ccc(-c2nnc(SCC(=O)NCCc3ccc(Cl)cc3)n2CC)cc1. The maximum atomic E-state index is 12.3. The summed E-state index contributed by atoms with van der Waals surface area (Å²) in [4.78, 5) is 14.6. The number of rotatable bonds is 11. The Hall–Kier alpha value is -2.51. The van der Waals surface area contributed by atoms with Gasteiger partial charge in [-0.15, -0.1) is 10.2 Å². The van der Waals surface area contributed by atoms with Crippen LogP contribution in [0.4, 0.5) is 5.69 Å². The highest BCUT2D eigenvalue weighted by Gasteiger charge is 2.15. The summed E-state index contributed by atoms with van der Waals surface area (Å²) in [6.45, 7) is 9.65. The minimum Gasteiger partial charge on any atom is -0.372 e. The summed E-state index contributed by atoms with van der Waals surface area (Å²) in [7, 11) is 0. The fourth-order valence-corrected chi connectivity index (χ4v) is 4.44. The largest absolute Gasteiger partial charge is 0.372 e. The minimum absolute atomic E-state index is 0.0141. The lowest BCUT2D eigenvalue weighted by Gasteiger charge is -2.21. The highest BCUT2D eigenvalue weighted by atomic mass is 35.5. The second-order valence-electron chi connectivity index (χ2n) is 7.28. The van der Waals surface area contributed by atoms with Gasteiger partial charge in [0.05, 0.1) is 5.75 Å². The maximum absolute atomic E-state index is 12.3. The molecule has 1 amide bonds. The predicted octanol–water partition coefficient (Wildman–Crippen LogP) is 4.92. The average molecular weight is 472 g/mol. The van der Waals surface area contributed by atoms with Gasteiger partial charge in [-0.25, -0.2) is 0 Å². The molecule has 1 aromatic heterocycles. The van der Waals surface area contributed by atoms with Crippen LogP contribution in [0.25, 0.3) is 11.4 Å². The average Bonchev–Trinajstić information content (AvgIpc) is 3.23. The molecule has 6 nitrogen and oxygen atoms in total. The summed E-state index contributed by atoms with van der Waals surface area (Å²) < 4.78 is 2.05. The fraction of sp³-hybridized carbons (Fsp3) is 0.375. The standard InChI is InChI=1S/C24H30ClN5OS/c1-4-29(5-2)21-13-9-19(10-14-21)23-27-28-24(30(23)6-3)32-17-22(31)26-16-15-18-7-11-20(25)12-8-18/h7-14H,4-6,15-17H2,1-3H3,(H,26,31). The second kappa shape index (κ2) is 11.9. The van der Waals surface area contributed by atoms with Gasteiger partial charge < -0.3 is 14.8 Å². The van der Waals surface area contributed by atoms with E-state index < -0.39 is 0 Å². The van der Waals surface area contributed by atoms with Crippen molar-refractivity contribution in [1.29, 1.82) is 0 Å². The maximum Gasteiger partial charge on any atom is 0.230 e. The molecule has 0 saturated heterocycles. The van der Waals surface area contributed by atoms with Crippen molar-refractivity contribution in [3.8, 4) is 11.4 Å². The molecule has 0 aliphatic carbocycles. The molecule has 0 bridgehead atoms. The molecular formula is C24H30ClN5OS. The van der Waals surface area contributed by atoms with Crippen LogP contribution in [0.1, 0.15) is 26.3 Å². The van der Waals surface area contributed by atoms with Gasteiger partial charge in [-0.2, -0.15) is 0 Å². The van der Waals surface area contributed by atoms with Gasteiger partial charge in [-0.1, -0.05) is 35.5 Å². The predicted molar refractivity (Wildman–Crippen MR) is 134 cm³/mol. The first-order chi connectivity index (χ1) is 15.5. The topological polar surface area (TPSA) is 63.1 Å². The van der Waals surface area contributed by atoms with Gasteiger partial charge in [0, 0.05) is 42.5 Å². The fourth-order valence-electron chi connectivity index (χ4n) is 3.48. The Morgan fingerprint density at radius 1 is 1.03 bits per heavy atom. The number of carbonyl (C=O) groups excluding carboxylic acids is 1. The van der Waals surface area contributed by atoms with Crippen LogP contribution in [0.15, 0.2) is 53.7 Å². The van der Waals surface area contributed by atoms with Crippen molar-refractivity contribution in [3.63, 3.8) is 0 Å². The molecule has 0 unspecified atom stereocenters. The summed E-state index contributed by atoms with van der Waals surface area (Å²) in [5.74, 6) is 1.11.